The first kappa shape index (κ1) is 13.1. The van der Waals surface area contributed by atoms with Crippen LogP contribution in [0.3, 0.4) is 0 Å². The van der Waals surface area contributed by atoms with Gasteiger partial charge in [0.25, 0.3) is 0 Å². The van der Waals surface area contributed by atoms with Crippen molar-refractivity contribution in [2.45, 2.75) is 20.0 Å². The van der Waals surface area contributed by atoms with E-state index in [4.69, 9.17) is 10.00 Å². The molecule has 19 heavy (non-hydrogen) atoms. The number of hydrogen-bond donors (Lipinski definition) is 1. The molecule has 96 valence electrons. The molecular weight excluding hydrogens is 238 g/mol. The van der Waals surface area contributed by atoms with Gasteiger partial charge >= 0.3 is 0 Å². The van der Waals surface area contributed by atoms with Crippen molar-refractivity contribution in [3.63, 3.8) is 0 Å². The van der Waals surface area contributed by atoms with Crippen LogP contribution in [0.5, 0.6) is 11.5 Å². The molecule has 3 nitrogen and oxygen atoms in total. The molecule has 0 fully saturated rings. The summed E-state index contributed by atoms with van der Waals surface area (Å²) in [6, 6.07) is 14.7. The highest BCUT2D eigenvalue weighted by atomic mass is 16.5. The van der Waals surface area contributed by atoms with Crippen LogP contribution < -0.4 is 4.74 Å². The topological polar surface area (TPSA) is 53.2 Å². The summed E-state index contributed by atoms with van der Waals surface area (Å²) >= 11 is 0. The summed E-state index contributed by atoms with van der Waals surface area (Å²) in [5, 5.41) is 18.7. The van der Waals surface area contributed by atoms with E-state index in [-0.39, 0.29) is 0 Å². The molecule has 0 aliphatic heterocycles. The Morgan fingerprint density at radius 2 is 1.89 bits per heavy atom. The Morgan fingerprint density at radius 3 is 2.53 bits per heavy atom. The van der Waals surface area contributed by atoms with Gasteiger partial charge in [0.05, 0.1) is 17.7 Å². The van der Waals surface area contributed by atoms with Crippen LogP contribution in [0.2, 0.25) is 0 Å². The molecule has 2 aromatic carbocycles. The molecule has 0 heterocycles. The number of aliphatic hydroxyl groups excluding tert-OH is 1. The van der Waals surface area contributed by atoms with Crippen LogP contribution in [0.25, 0.3) is 0 Å². The molecule has 0 aliphatic rings. The fourth-order valence-electron chi connectivity index (χ4n) is 1.83. The van der Waals surface area contributed by atoms with E-state index in [9.17, 15) is 5.11 Å². The van der Waals surface area contributed by atoms with Gasteiger partial charge in [-0.25, -0.2) is 0 Å². The smallest absolute Gasteiger partial charge is 0.134 e. The highest BCUT2D eigenvalue weighted by Crippen LogP contribution is 2.31. The van der Waals surface area contributed by atoms with Crippen LogP contribution in [0.4, 0.5) is 0 Å². The number of ether oxygens (including phenoxy) is 1. The number of aryl methyl sites for hydroxylation is 1. The minimum absolute atomic E-state index is 0.507. The Morgan fingerprint density at radius 1 is 1.16 bits per heavy atom. The number of benzene rings is 2. The number of rotatable bonds is 3. The molecule has 0 bridgehead atoms. The molecule has 0 spiro atoms. The maximum absolute atomic E-state index is 9.75. The van der Waals surface area contributed by atoms with Gasteiger partial charge in [0.1, 0.15) is 11.5 Å². The molecule has 2 rings (SSSR count). The van der Waals surface area contributed by atoms with Gasteiger partial charge in [0.2, 0.25) is 0 Å². The summed E-state index contributed by atoms with van der Waals surface area (Å²) < 4.78 is 5.83. The molecule has 1 atom stereocenters. The lowest BCUT2D eigenvalue weighted by Gasteiger charge is -2.14. The van der Waals surface area contributed by atoms with Gasteiger partial charge < -0.3 is 9.84 Å². The first-order chi connectivity index (χ1) is 9.11. The average Bonchev–Trinajstić information content (AvgIpc) is 2.41. The standard InChI is InChI=1S/C16H15NO2/c1-11-5-3-4-6-15(11)19-16-9-13(10-17)7-8-14(16)12(2)18/h3-9,12,18H,1-2H3/t12-/m0/s1. The first-order valence-electron chi connectivity index (χ1n) is 6.07. The maximum Gasteiger partial charge on any atom is 0.134 e. The van der Waals surface area contributed by atoms with Gasteiger partial charge in [-0.2, -0.15) is 5.26 Å². The summed E-state index contributed by atoms with van der Waals surface area (Å²) in [5.74, 6) is 1.24. The molecule has 0 radical (unpaired) electrons. The minimum atomic E-state index is -0.647. The lowest BCUT2D eigenvalue weighted by atomic mass is 10.1. The number of nitriles is 1. The Bertz CT molecular complexity index is 627. The molecule has 2 aromatic rings. The molecule has 0 unspecified atom stereocenters. The van der Waals surface area contributed by atoms with E-state index >= 15 is 0 Å². The van der Waals surface area contributed by atoms with Crippen molar-refractivity contribution < 1.29 is 9.84 Å². The Balaban J connectivity index is 2.44. The van der Waals surface area contributed by atoms with Crippen molar-refractivity contribution in [3.05, 3.63) is 59.2 Å². The maximum atomic E-state index is 9.75. The number of para-hydroxylation sites is 1. The minimum Gasteiger partial charge on any atom is -0.457 e. The van der Waals surface area contributed by atoms with E-state index < -0.39 is 6.10 Å². The number of nitrogens with zero attached hydrogens (tertiary/aromatic N) is 1. The molecule has 0 aliphatic carbocycles. The second kappa shape index (κ2) is 5.55. The largest absolute Gasteiger partial charge is 0.457 e. The normalized spacial score (nSPS) is 11.7. The molecule has 0 saturated carbocycles. The number of hydrogen-bond acceptors (Lipinski definition) is 3. The SMILES string of the molecule is Cc1ccccc1Oc1cc(C#N)ccc1[C@H](C)O. The van der Waals surface area contributed by atoms with Crippen LogP contribution in [0, 0.1) is 18.3 Å². The van der Waals surface area contributed by atoms with Crippen LogP contribution in [-0.4, -0.2) is 5.11 Å². The fraction of sp³-hybridized carbons (Fsp3) is 0.188. The summed E-state index contributed by atoms with van der Waals surface area (Å²) in [6.07, 6.45) is -0.647. The molecule has 0 saturated heterocycles. The van der Waals surface area contributed by atoms with Crippen molar-refractivity contribution in [1.29, 1.82) is 5.26 Å². The van der Waals surface area contributed by atoms with Gasteiger partial charge in [-0.15, -0.1) is 0 Å². The third-order valence-electron chi connectivity index (χ3n) is 2.91. The molecule has 3 heteroatoms. The van der Waals surface area contributed by atoms with Crippen molar-refractivity contribution in [3.8, 4) is 17.6 Å². The van der Waals surface area contributed by atoms with Crippen LogP contribution in [0.15, 0.2) is 42.5 Å². The lowest BCUT2D eigenvalue weighted by Crippen LogP contribution is -1.97. The lowest BCUT2D eigenvalue weighted by molar-refractivity contribution is 0.195. The summed E-state index contributed by atoms with van der Waals surface area (Å²) in [7, 11) is 0. The second-order valence-electron chi connectivity index (χ2n) is 4.41. The van der Waals surface area contributed by atoms with Crippen molar-refractivity contribution in [2.24, 2.45) is 0 Å². The predicted octanol–water partition coefficient (Wildman–Crippen LogP) is 3.71. The van der Waals surface area contributed by atoms with Gasteiger partial charge in [0.15, 0.2) is 0 Å². The van der Waals surface area contributed by atoms with Gasteiger partial charge in [0, 0.05) is 5.56 Å². The summed E-state index contributed by atoms with van der Waals surface area (Å²) in [6.45, 7) is 3.62. The molecule has 0 amide bonds. The van der Waals surface area contributed by atoms with E-state index in [0.29, 0.717) is 16.9 Å². The van der Waals surface area contributed by atoms with Crippen molar-refractivity contribution >= 4 is 0 Å². The molecular formula is C16H15NO2. The van der Waals surface area contributed by atoms with Gasteiger partial charge in [-0.1, -0.05) is 24.3 Å². The van der Waals surface area contributed by atoms with Crippen LogP contribution in [-0.2, 0) is 0 Å². The monoisotopic (exact) mass is 253 g/mol. The summed E-state index contributed by atoms with van der Waals surface area (Å²) in [4.78, 5) is 0. The third kappa shape index (κ3) is 2.93. The van der Waals surface area contributed by atoms with Gasteiger partial charge in [-0.05, 0) is 37.6 Å². The van der Waals surface area contributed by atoms with E-state index in [1.54, 1.807) is 25.1 Å². The van der Waals surface area contributed by atoms with Crippen LogP contribution in [0.1, 0.15) is 29.7 Å². The highest BCUT2D eigenvalue weighted by molar-refractivity contribution is 5.46. The third-order valence-corrected chi connectivity index (χ3v) is 2.91. The Hall–Kier alpha value is -2.31. The van der Waals surface area contributed by atoms with Crippen LogP contribution >= 0.6 is 0 Å². The van der Waals surface area contributed by atoms with Crippen molar-refractivity contribution in [2.75, 3.05) is 0 Å². The average molecular weight is 253 g/mol. The zero-order valence-electron chi connectivity index (χ0n) is 10.9. The second-order valence-corrected chi connectivity index (χ2v) is 4.41. The summed E-state index contributed by atoms with van der Waals surface area (Å²) in [5.41, 5.74) is 2.18. The van der Waals surface area contributed by atoms with E-state index in [2.05, 4.69) is 6.07 Å². The van der Waals surface area contributed by atoms with E-state index in [1.165, 1.54) is 0 Å². The van der Waals surface area contributed by atoms with E-state index in [0.717, 1.165) is 11.3 Å². The van der Waals surface area contributed by atoms with Crippen molar-refractivity contribution in [1.82, 2.24) is 0 Å². The fourth-order valence-corrected chi connectivity index (χ4v) is 1.83. The predicted molar refractivity (Wildman–Crippen MR) is 73.0 cm³/mol. The zero-order chi connectivity index (χ0) is 13.8. The quantitative estimate of drug-likeness (QED) is 0.907. The molecule has 1 N–H and O–H groups in total. The van der Waals surface area contributed by atoms with Gasteiger partial charge in [-0.3, -0.25) is 0 Å². The number of aliphatic hydroxyl groups is 1. The van der Waals surface area contributed by atoms with E-state index in [1.807, 2.05) is 31.2 Å². The first-order valence-corrected chi connectivity index (χ1v) is 6.07. The highest BCUT2D eigenvalue weighted by Gasteiger charge is 2.12. The Labute approximate surface area is 112 Å². The Kier molecular flexibility index (Phi) is 3.84. The zero-order valence-corrected chi connectivity index (χ0v) is 10.9. The molecule has 0 aromatic heterocycles.